The highest BCUT2D eigenvalue weighted by molar-refractivity contribution is 5.27. The molecular weight excluding hydrogens is 262 g/mol. The summed E-state index contributed by atoms with van der Waals surface area (Å²) in [6.45, 7) is 9.70. The summed E-state index contributed by atoms with van der Waals surface area (Å²) in [5, 5.41) is 9.69. The fourth-order valence-corrected chi connectivity index (χ4v) is 3.15. The molecule has 118 valence electrons. The van der Waals surface area contributed by atoms with Gasteiger partial charge in [-0.05, 0) is 70.3 Å². The normalized spacial score (nSPS) is 18.9. The molecule has 1 N–H and O–H groups in total. The van der Waals surface area contributed by atoms with Gasteiger partial charge in [-0.25, -0.2) is 0 Å². The average Bonchev–Trinajstić information content (AvgIpc) is 2.48. The molecule has 1 fully saturated rings. The van der Waals surface area contributed by atoms with Crippen molar-refractivity contribution in [1.29, 1.82) is 0 Å². The Bertz CT molecular complexity index is 425. The first-order valence-corrected chi connectivity index (χ1v) is 8.14. The van der Waals surface area contributed by atoms with E-state index in [0.29, 0.717) is 18.6 Å². The molecule has 1 unspecified atom stereocenters. The zero-order valence-corrected chi connectivity index (χ0v) is 13.6. The molecule has 0 radical (unpaired) electrons. The number of piperidine rings is 1. The number of hydrogen-bond acceptors (Lipinski definition) is 3. The van der Waals surface area contributed by atoms with E-state index in [1.165, 1.54) is 18.4 Å². The first kappa shape index (κ1) is 16.3. The van der Waals surface area contributed by atoms with Gasteiger partial charge < -0.3 is 14.7 Å². The molecule has 3 nitrogen and oxygen atoms in total. The van der Waals surface area contributed by atoms with E-state index >= 15 is 0 Å². The minimum Gasteiger partial charge on any atom is -0.493 e. The number of nitrogens with zero attached hydrogens (tertiary/aromatic N) is 1. The summed E-state index contributed by atoms with van der Waals surface area (Å²) in [6.07, 6.45) is 2.33. The van der Waals surface area contributed by atoms with Gasteiger partial charge in [0.15, 0.2) is 0 Å². The Labute approximate surface area is 128 Å². The number of hydrogen-bond donors (Lipinski definition) is 1. The standard InChI is InChI=1S/C18H29NO2/c1-14(2)19-9-7-16(8-10-19)17(12-20)13-21-18-6-4-5-15(3)11-18/h4-6,11,14,16-17,20H,7-10,12-13H2,1-3H3. The summed E-state index contributed by atoms with van der Waals surface area (Å²) in [7, 11) is 0. The van der Waals surface area contributed by atoms with Gasteiger partial charge in [0.1, 0.15) is 5.75 Å². The van der Waals surface area contributed by atoms with Crippen LogP contribution in [-0.4, -0.2) is 42.4 Å². The minimum absolute atomic E-state index is 0.220. The van der Waals surface area contributed by atoms with Gasteiger partial charge in [-0.2, -0.15) is 0 Å². The van der Waals surface area contributed by atoms with Crippen molar-refractivity contribution in [3.63, 3.8) is 0 Å². The highest BCUT2D eigenvalue weighted by Gasteiger charge is 2.27. The van der Waals surface area contributed by atoms with E-state index in [0.717, 1.165) is 18.8 Å². The molecule has 3 heteroatoms. The number of aliphatic hydroxyl groups excluding tert-OH is 1. The second-order valence-corrected chi connectivity index (χ2v) is 6.54. The number of benzene rings is 1. The topological polar surface area (TPSA) is 32.7 Å². The van der Waals surface area contributed by atoms with Gasteiger partial charge in [0.25, 0.3) is 0 Å². The van der Waals surface area contributed by atoms with E-state index in [2.05, 4.69) is 37.8 Å². The molecule has 1 heterocycles. The third kappa shape index (κ3) is 4.72. The quantitative estimate of drug-likeness (QED) is 0.874. The number of likely N-dealkylation sites (tertiary alicyclic amines) is 1. The summed E-state index contributed by atoms with van der Waals surface area (Å²) in [5.41, 5.74) is 1.21. The number of aryl methyl sites for hydroxylation is 1. The molecule has 21 heavy (non-hydrogen) atoms. The predicted molar refractivity (Wildman–Crippen MR) is 86.7 cm³/mol. The van der Waals surface area contributed by atoms with E-state index in [1.807, 2.05) is 12.1 Å². The molecule has 0 aliphatic carbocycles. The van der Waals surface area contributed by atoms with Gasteiger partial charge in [-0.15, -0.1) is 0 Å². The molecule has 1 aromatic rings. The molecule has 0 spiro atoms. The zero-order chi connectivity index (χ0) is 15.2. The van der Waals surface area contributed by atoms with Crippen molar-refractivity contribution in [2.24, 2.45) is 11.8 Å². The Hall–Kier alpha value is -1.06. The highest BCUT2D eigenvalue weighted by atomic mass is 16.5. The maximum absolute atomic E-state index is 9.69. The molecule has 0 aromatic heterocycles. The fourth-order valence-electron chi connectivity index (χ4n) is 3.15. The molecule has 0 amide bonds. The molecule has 2 rings (SSSR count). The van der Waals surface area contributed by atoms with E-state index in [-0.39, 0.29) is 12.5 Å². The summed E-state index contributed by atoms with van der Waals surface area (Å²) in [4.78, 5) is 2.52. The SMILES string of the molecule is Cc1cccc(OCC(CO)C2CCN(C(C)C)CC2)c1. The van der Waals surface area contributed by atoms with Gasteiger partial charge in [-0.1, -0.05) is 12.1 Å². The van der Waals surface area contributed by atoms with Crippen LogP contribution in [0.3, 0.4) is 0 Å². The monoisotopic (exact) mass is 291 g/mol. The summed E-state index contributed by atoms with van der Waals surface area (Å²) < 4.78 is 5.89. The lowest BCUT2D eigenvalue weighted by Gasteiger charge is -2.37. The Morgan fingerprint density at radius 2 is 2.00 bits per heavy atom. The van der Waals surface area contributed by atoms with Crippen LogP contribution >= 0.6 is 0 Å². The Balaban J connectivity index is 1.83. The second kappa shape index (κ2) is 7.81. The third-order valence-corrected chi connectivity index (χ3v) is 4.66. The summed E-state index contributed by atoms with van der Waals surface area (Å²) in [5.74, 6) is 1.74. The molecule has 1 aromatic carbocycles. The van der Waals surface area contributed by atoms with Gasteiger partial charge >= 0.3 is 0 Å². The highest BCUT2D eigenvalue weighted by Crippen LogP contribution is 2.27. The first-order chi connectivity index (χ1) is 10.1. The Morgan fingerprint density at radius 3 is 2.57 bits per heavy atom. The Morgan fingerprint density at radius 1 is 1.29 bits per heavy atom. The lowest BCUT2D eigenvalue weighted by atomic mass is 9.85. The van der Waals surface area contributed by atoms with Crippen LogP contribution in [0.15, 0.2) is 24.3 Å². The molecule has 1 aliphatic heterocycles. The van der Waals surface area contributed by atoms with Crippen LogP contribution in [0.25, 0.3) is 0 Å². The van der Waals surface area contributed by atoms with Crippen LogP contribution in [0.2, 0.25) is 0 Å². The molecule has 1 aliphatic rings. The molecule has 1 saturated heterocycles. The van der Waals surface area contributed by atoms with Gasteiger partial charge in [0, 0.05) is 18.6 Å². The van der Waals surface area contributed by atoms with Crippen LogP contribution in [0, 0.1) is 18.8 Å². The molecular formula is C18H29NO2. The molecule has 1 atom stereocenters. The van der Waals surface area contributed by atoms with Crippen molar-refractivity contribution in [1.82, 2.24) is 4.90 Å². The minimum atomic E-state index is 0.220. The van der Waals surface area contributed by atoms with Crippen molar-refractivity contribution in [3.05, 3.63) is 29.8 Å². The lowest BCUT2D eigenvalue weighted by molar-refractivity contribution is 0.0648. The lowest BCUT2D eigenvalue weighted by Crippen LogP contribution is -2.41. The van der Waals surface area contributed by atoms with E-state index in [1.54, 1.807) is 0 Å². The molecule has 0 bridgehead atoms. The van der Waals surface area contributed by atoms with E-state index < -0.39 is 0 Å². The van der Waals surface area contributed by atoms with Crippen molar-refractivity contribution in [3.8, 4) is 5.75 Å². The maximum atomic E-state index is 9.69. The van der Waals surface area contributed by atoms with Crippen molar-refractivity contribution < 1.29 is 9.84 Å². The van der Waals surface area contributed by atoms with Gasteiger partial charge in [0.05, 0.1) is 6.61 Å². The average molecular weight is 291 g/mol. The summed E-state index contributed by atoms with van der Waals surface area (Å²) >= 11 is 0. The number of ether oxygens (including phenoxy) is 1. The Kier molecular flexibility index (Phi) is 6.07. The maximum Gasteiger partial charge on any atom is 0.119 e. The third-order valence-electron chi connectivity index (χ3n) is 4.66. The van der Waals surface area contributed by atoms with Crippen LogP contribution in [0.4, 0.5) is 0 Å². The number of rotatable bonds is 6. The second-order valence-electron chi connectivity index (χ2n) is 6.54. The van der Waals surface area contributed by atoms with Gasteiger partial charge in [-0.3, -0.25) is 0 Å². The van der Waals surface area contributed by atoms with Crippen molar-refractivity contribution in [2.75, 3.05) is 26.3 Å². The summed E-state index contributed by atoms with van der Waals surface area (Å²) in [6, 6.07) is 8.75. The van der Waals surface area contributed by atoms with Crippen LogP contribution in [0.1, 0.15) is 32.3 Å². The first-order valence-electron chi connectivity index (χ1n) is 8.14. The smallest absolute Gasteiger partial charge is 0.119 e. The van der Waals surface area contributed by atoms with E-state index in [9.17, 15) is 5.11 Å². The van der Waals surface area contributed by atoms with Gasteiger partial charge in [0.2, 0.25) is 0 Å². The van der Waals surface area contributed by atoms with Crippen LogP contribution < -0.4 is 4.74 Å². The molecule has 0 saturated carbocycles. The van der Waals surface area contributed by atoms with E-state index in [4.69, 9.17) is 4.74 Å². The van der Waals surface area contributed by atoms with Crippen LogP contribution in [-0.2, 0) is 0 Å². The largest absolute Gasteiger partial charge is 0.493 e. The predicted octanol–water partition coefficient (Wildman–Crippen LogP) is 3.10. The fraction of sp³-hybridized carbons (Fsp3) is 0.667. The van der Waals surface area contributed by atoms with Crippen LogP contribution in [0.5, 0.6) is 5.75 Å². The number of aliphatic hydroxyl groups is 1. The zero-order valence-electron chi connectivity index (χ0n) is 13.6. The van der Waals surface area contributed by atoms with Crippen molar-refractivity contribution in [2.45, 2.75) is 39.7 Å². The van der Waals surface area contributed by atoms with Crippen molar-refractivity contribution >= 4 is 0 Å².